The van der Waals surface area contributed by atoms with E-state index in [1.54, 1.807) is 12.3 Å². The Hall–Kier alpha value is -3.02. The van der Waals surface area contributed by atoms with E-state index in [2.05, 4.69) is 26.8 Å². The van der Waals surface area contributed by atoms with E-state index in [0.717, 1.165) is 55.2 Å². The zero-order valence-corrected chi connectivity index (χ0v) is 16.6. The van der Waals surface area contributed by atoms with Crippen molar-refractivity contribution in [3.63, 3.8) is 0 Å². The monoisotopic (exact) mass is 392 g/mol. The van der Waals surface area contributed by atoms with E-state index >= 15 is 0 Å². The van der Waals surface area contributed by atoms with E-state index in [-0.39, 0.29) is 5.82 Å². The molecule has 0 spiro atoms. The van der Waals surface area contributed by atoms with E-state index in [1.165, 1.54) is 6.20 Å². The molecular formula is C23H25FN4O. The molecule has 1 atom stereocenters. The summed E-state index contributed by atoms with van der Waals surface area (Å²) < 4.78 is 19.7. The molecule has 1 aromatic carbocycles. The van der Waals surface area contributed by atoms with Crippen LogP contribution in [0.25, 0.3) is 11.1 Å². The van der Waals surface area contributed by atoms with E-state index in [9.17, 15) is 4.39 Å². The highest BCUT2D eigenvalue weighted by molar-refractivity contribution is 5.64. The van der Waals surface area contributed by atoms with Crippen molar-refractivity contribution in [1.29, 1.82) is 0 Å². The van der Waals surface area contributed by atoms with E-state index in [4.69, 9.17) is 4.74 Å². The fraction of sp³-hybridized carbons (Fsp3) is 0.348. The molecule has 0 saturated carbocycles. The van der Waals surface area contributed by atoms with Crippen LogP contribution in [0.2, 0.25) is 0 Å². The van der Waals surface area contributed by atoms with Crippen molar-refractivity contribution in [3.05, 3.63) is 66.5 Å². The summed E-state index contributed by atoms with van der Waals surface area (Å²) in [6, 6.07) is 9.21. The summed E-state index contributed by atoms with van der Waals surface area (Å²) in [5.74, 6) is 1.89. The third kappa shape index (κ3) is 4.70. The molecule has 0 radical (unpaired) electrons. The molecule has 1 fully saturated rings. The molecule has 0 bridgehead atoms. The number of benzene rings is 1. The fourth-order valence-electron chi connectivity index (χ4n) is 3.63. The number of ether oxygens (including phenoxy) is 1. The number of hydrogen-bond donors (Lipinski definition) is 0. The second-order valence-electron chi connectivity index (χ2n) is 7.36. The molecule has 3 aromatic rings. The maximum Gasteiger partial charge on any atom is 0.225 e. The Labute approximate surface area is 170 Å². The van der Waals surface area contributed by atoms with Crippen LogP contribution < -0.4 is 9.64 Å². The van der Waals surface area contributed by atoms with Crippen LogP contribution in [0.15, 0.2) is 55.1 Å². The normalized spacial score (nSPS) is 16.2. The van der Waals surface area contributed by atoms with Crippen LogP contribution in [0.3, 0.4) is 0 Å². The van der Waals surface area contributed by atoms with Gasteiger partial charge in [-0.25, -0.2) is 14.4 Å². The average molecular weight is 392 g/mol. The summed E-state index contributed by atoms with van der Waals surface area (Å²) >= 11 is 0. The van der Waals surface area contributed by atoms with Gasteiger partial charge in [0.05, 0.1) is 12.8 Å². The molecule has 3 heterocycles. The Bertz CT molecular complexity index is 930. The minimum absolute atomic E-state index is 0.319. The van der Waals surface area contributed by atoms with E-state index in [0.29, 0.717) is 18.1 Å². The van der Waals surface area contributed by atoms with Gasteiger partial charge in [0.1, 0.15) is 11.6 Å². The summed E-state index contributed by atoms with van der Waals surface area (Å²) in [6.45, 7) is 4.73. The van der Waals surface area contributed by atoms with Gasteiger partial charge >= 0.3 is 0 Å². The van der Waals surface area contributed by atoms with Gasteiger partial charge < -0.3 is 9.64 Å². The molecule has 2 aromatic heterocycles. The topological polar surface area (TPSA) is 51.1 Å². The van der Waals surface area contributed by atoms with Gasteiger partial charge in [-0.15, -0.1) is 0 Å². The number of rotatable bonds is 7. The lowest BCUT2D eigenvalue weighted by Gasteiger charge is -2.16. The number of halogens is 1. The van der Waals surface area contributed by atoms with Crippen molar-refractivity contribution in [3.8, 4) is 16.9 Å². The molecule has 0 amide bonds. The minimum atomic E-state index is -0.319. The summed E-state index contributed by atoms with van der Waals surface area (Å²) in [7, 11) is 0. The lowest BCUT2D eigenvalue weighted by atomic mass is 10.1. The van der Waals surface area contributed by atoms with Gasteiger partial charge in [-0.3, -0.25) is 4.98 Å². The minimum Gasteiger partial charge on any atom is -0.494 e. The number of anilines is 1. The van der Waals surface area contributed by atoms with E-state index in [1.807, 2.05) is 36.7 Å². The molecule has 1 aliphatic rings. The van der Waals surface area contributed by atoms with Crippen LogP contribution in [0.4, 0.5) is 10.3 Å². The predicted octanol–water partition coefficient (Wildman–Crippen LogP) is 4.54. The van der Waals surface area contributed by atoms with Gasteiger partial charge in [-0.2, -0.15) is 0 Å². The van der Waals surface area contributed by atoms with Crippen molar-refractivity contribution in [2.75, 3.05) is 24.6 Å². The second kappa shape index (κ2) is 8.99. The number of nitrogens with zero attached hydrogens (tertiary/aromatic N) is 4. The summed E-state index contributed by atoms with van der Waals surface area (Å²) in [5, 5.41) is 0. The Kier molecular flexibility index (Phi) is 5.98. The Morgan fingerprint density at radius 2 is 1.90 bits per heavy atom. The summed E-state index contributed by atoms with van der Waals surface area (Å²) in [5.41, 5.74) is 2.53. The Morgan fingerprint density at radius 1 is 1.10 bits per heavy atom. The molecule has 0 N–H and O–H groups in total. The highest BCUT2D eigenvalue weighted by Crippen LogP contribution is 2.26. The van der Waals surface area contributed by atoms with Crippen molar-refractivity contribution in [2.45, 2.75) is 26.2 Å². The molecule has 5 nitrogen and oxygen atoms in total. The van der Waals surface area contributed by atoms with E-state index < -0.39 is 0 Å². The quantitative estimate of drug-likeness (QED) is 0.591. The summed E-state index contributed by atoms with van der Waals surface area (Å²) in [6.07, 6.45) is 9.73. The molecular weight excluding hydrogens is 367 g/mol. The predicted molar refractivity (Wildman–Crippen MR) is 111 cm³/mol. The van der Waals surface area contributed by atoms with Crippen LogP contribution in [0.1, 0.15) is 25.3 Å². The largest absolute Gasteiger partial charge is 0.494 e. The molecule has 4 rings (SSSR count). The lowest BCUT2D eigenvalue weighted by molar-refractivity contribution is 0.284. The fourth-order valence-corrected chi connectivity index (χ4v) is 3.63. The maximum atomic E-state index is 13.8. The van der Waals surface area contributed by atoms with Crippen LogP contribution in [-0.2, 0) is 6.42 Å². The Morgan fingerprint density at radius 3 is 2.62 bits per heavy atom. The summed E-state index contributed by atoms with van der Waals surface area (Å²) in [4.78, 5) is 15.0. The smallest absolute Gasteiger partial charge is 0.225 e. The van der Waals surface area contributed by atoms with Gasteiger partial charge in [0.25, 0.3) is 0 Å². The van der Waals surface area contributed by atoms with Gasteiger partial charge in [-0.1, -0.05) is 19.1 Å². The van der Waals surface area contributed by atoms with Gasteiger partial charge in [0, 0.05) is 37.2 Å². The molecule has 29 heavy (non-hydrogen) atoms. The Balaban J connectivity index is 1.26. The number of hydrogen-bond acceptors (Lipinski definition) is 5. The molecule has 1 aliphatic heterocycles. The first-order valence-electron chi connectivity index (χ1n) is 10.1. The van der Waals surface area contributed by atoms with Gasteiger partial charge in [0.2, 0.25) is 5.95 Å². The van der Waals surface area contributed by atoms with Gasteiger partial charge in [0.15, 0.2) is 0 Å². The molecule has 1 unspecified atom stereocenters. The van der Waals surface area contributed by atoms with Crippen molar-refractivity contribution >= 4 is 5.95 Å². The first kappa shape index (κ1) is 19.3. The van der Waals surface area contributed by atoms with Crippen molar-refractivity contribution < 1.29 is 9.13 Å². The molecule has 0 aliphatic carbocycles. The van der Waals surface area contributed by atoms with Gasteiger partial charge in [-0.05, 0) is 54.5 Å². The van der Waals surface area contributed by atoms with Crippen LogP contribution in [0, 0.1) is 11.7 Å². The highest BCUT2D eigenvalue weighted by atomic mass is 19.1. The third-order valence-electron chi connectivity index (χ3n) is 5.40. The zero-order chi connectivity index (χ0) is 20.1. The second-order valence-corrected chi connectivity index (χ2v) is 7.36. The standard InChI is InChI=1S/C23H25FN4O/c1-2-17-13-26-23(27-14-17)28-11-8-18(16-28)9-12-29-20-5-3-19(4-6-20)21-7-10-25-15-22(21)24/h3-7,10,13-15,18H,2,8-9,11-12,16H2,1H3. The first-order chi connectivity index (χ1) is 14.2. The number of pyridine rings is 1. The molecule has 6 heteroatoms. The molecule has 150 valence electrons. The number of aryl methyl sites for hydroxylation is 1. The zero-order valence-electron chi connectivity index (χ0n) is 16.6. The lowest BCUT2D eigenvalue weighted by Crippen LogP contribution is -2.22. The molecule has 1 saturated heterocycles. The first-order valence-corrected chi connectivity index (χ1v) is 10.1. The van der Waals surface area contributed by atoms with Crippen molar-refractivity contribution in [2.24, 2.45) is 5.92 Å². The van der Waals surface area contributed by atoms with Crippen LogP contribution >= 0.6 is 0 Å². The third-order valence-corrected chi connectivity index (χ3v) is 5.40. The number of aromatic nitrogens is 3. The average Bonchev–Trinajstić information content (AvgIpc) is 3.24. The van der Waals surface area contributed by atoms with Crippen molar-refractivity contribution in [1.82, 2.24) is 15.0 Å². The maximum absolute atomic E-state index is 13.8. The van der Waals surface area contributed by atoms with Crippen LogP contribution in [-0.4, -0.2) is 34.6 Å². The highest BCUT2D eigenvalue weighted by Gasteiger charge is 2.24. The SMILES string of the molecule is CCc1cnc(N2CCC(CCOc3ccc(-c4ccncc4F)cc3)C2)nc1. The van der Waals surface area contributed by atoms with Crippen LogP contribution in [0.5, 0.6) is 5.75 Å².